The third kappa shape index (κ3) is 6.36. The number of ether oxygens (including phenoxy) is 2. The maximum atomic E-state index is 13.6. The number of para-hydroxylation sites is 1. The number of hydrogen-bond donors (Lipinski definition) is 2. The lowest BCUT2D eigenvalue weighted by molar-refractivity contribution is -0.384. The van der Waals surface area contributed by atoms with Gasteiger partial charge in [0.05, 0.1) is 23.9 Å². The first-order chi connectivity index (χ1) is 16.4. The Morgan fingerprint density at radius 3 is 2.62 bits per heavy atom. The summed E-state index contributed by atoms with van der Waals surface area (Å²) in [5.41, 5.74) is 2.75. The Labute approximate surface area is 193 Å². The van der Waals surface area contributed by atoms with Crippen molar-refractivity contribution in [3.05, 3.63) is 93.8 Å². The van der Waals surface area contributed by atoms with Gasteiger partial charge in [-0.3, -0.25) is 19.7 Å². The van der Waals surface area contributed by atoms with Gasteiger partial charge in [0, 0.05) is 17.7 Å². The molecule has 11 heteroatoms. The van der Waals surface area contributed by atoms with Gasteiger partial charge >= 0.3 is 0 Å². The molecule has 0 atom stereocenters. The van der Waals surface area contributed by atoms with Crippen LogP contribution in [0.1, 0.15) is 15.9 Å². The number of rotatable bonds is 9. The Morgan fingerprint density at radius 2 is 1.88 bits per heavy atom. The fourth-order valence-corrected chi connectivity index (χ4v) is 2.77. The number of nitrogens with zero attached hydrogens (tertiary/aromatic N) is 2. The van der Waals surface area contributed by atoms with Gasteiger partial charge in [0.1, 0.15) is 5.82 Å². The number of benzene rings is 3. The topological polar surface area (TPSA) is 132 Å². The zero-order valence-electron chi connectivity index (χ0n) is 17.9. The molecule has 0 heterocycles. The van der Waals surface area contributed by atoms with E-state index in [0.717, 1.165) is 6.07 Å². The molecule has 2 amide bonds. The van der Waals surface area contributed by atoms with Crippen LogP contribution < -0.4 is 20.2 Å². The van der Waals surface area contributed by atoms with Gasteiger partial charge in [-0.1, -0.05) is 18.2 Å². The minimum absolute atomic E-state index is 0.0433. The number of nitrogens with one attached hydrogen (secondary N) is 2. The van der Waals surface area contributed by atoms with E-state index in [9.17, 15) is 24.1 Å². The Balaban J connectivity index is 1.59. The zero-order chi connectivity index (χ0) is 24.5. The predicted octanol–water partition coefficient (Wildman–Crippen LogP) is 3.52. The number of carbonyl (C=O) groups is 2. The fourth-order valence-electron chi connectivity index (χ4n) is 2.77. The summed E-state index contributed by atoms with van der Waals surface area (Å²) in [6.45, 7) is -0.378. The molecule has 0 bridgehead atoms. The lowest BCUT2D eigenvalue weighted by Gasteiger charge is -2.11. The maximum absolute atomic E-state index is 13.6. The number of nitro groups is 1. The summed E-state index contributed by atoms with van der Waals surface area (Å²) in [6.07, 6.45) is 1.34. The van der Waals surface area contributed by atoms with Crippen molar-refractivity contribution in [3.63, 3.8) is 0 Å². The Bertz CT molecular complexity index is 1250. The Kier molecular flexibility index (Phi) is 7.84. The second-order valence-corrected chi connectivity index (χ2v) is 6.73. The largest absolute Gasteiger partial charge is 0.493 e. The Morgan fingerprint density at radius 1 is 1.09 bits per heavy atom. The van der Waals surface area contributed by atoms with Crippen LogP contribution in [0, 0.1) is 15.9 Å². The molecule has 2 N–H and O–H groups in total. The molecule has 34 heavy (non-hydrogen) atoms. The van der Waals surface area contributed by atoms with Crippen LogP contribution >= 0.6 is 0 Å². The van der Waals surface area contributed by atoms with Crippen LogP contribution in [0.25, 0.3) is 0 Å². The van der Waals surface area contributed by atoms with E-state index in [4.69, 9.17) is 9.47 Å². The van der Waals surface area contributed by atoms with Gasteiger partial charge < -0.3 is 14.8 Å². The van der Waals surface area contributed by atoms with Crippen molar-refractivity contribution in [1.82, 2.24) is 5.43 Å². The molecular formula is C23H19FN4O6. The van der Waals surface area contributed by atoms with Crippen molar-refractivity contribution in [2.24, 2.45) is 5.10 Å². The summed E-state index contributed by atoms with van der Waals surface area (Å²) in [4.78, 5) is 34.4. The third-order valence-corrected chi connectivity index (χ3v) is 4.39. The van der Waals surface area contributed by atoms with E-state index in [1.165, 1.54) is 49.7 Å². The maximum Gasteiger partial charge on any atom is 0.271 e. The monoisotopic (exact) mass is 466 g/mol. The van der Waals surface area contributed by atoms with Crippen molar-refractivity contribution < 1.29 is 28.4 Å². The standard InChI is InChI=1S/C23H19FN4O6/c1-33-21-11-15(13-25-27-23(30)16-5-4-6-17(12-16)28(31)32)9-10-20(21)34-14-22(29)26-19-8-3-2-7-18(19)24/h2-13H,14H2,1H3,(H,26,29)(H,27,30). The molecule has 10 nitrogen and oxygen atoms in total. The number of methoxy groups -OCH3 is 1. The molecule has 0 aliphatic carbocycles. The number of hydrazone groups is 1. The SMILES string of the molecule is COc1cc(C=NNC(=O)c2cccc([N+](=O)[O-])c2)ccc1OCC(=O)Nc1ccccc1F. The first-order valence-corrected chi connectivity index (χ1v) is 9.80. The first-order valence-electron chi connectivity index (χ1n) is 9.80. The van der Waals surface area contributed by atoms with Crippen molar-refractivity contribution in [2.75, 3.05) is 19.0 Å². The van der Waals surface area contributed by atoms with Gasteiger partial charge in [-0.25, -0.2) is 9.82 Å². The second-order valence-electron chi connectivity index (χ2n) is 6.73. The number of anilines is 1. The zero-order valence-corrected chi connectivity index (χ0v) is 17.9. The highest BCUT2D eigenvalue weighted by Gasteiger charge is 2.12. The lowest BCUT2D eigenvalue weighted by Crippen LogP contribution is -2.21. The van der Waals surface area contributed by atoms with Crippen molar-refractivity contribution in [1.29, 1.82) is 0 Å². The third-order valence-electron chi connectivity index (χ3n) is 4.39. The quantitative estimate of drug-likeness (QED) is 0.282. The highest BCUT2D eigenvalue weighted by Crippen LogP contribution is 2.27. The van der Waals surface area contributed by atoms with Crippen LogP contribution in [0.15, 0.2) is 71.8 Å². The molecule has 0 saturated carbocycles. The smallest absolute Gasteiger partial charge is 0.271 e. The van der Waals surface area contributed by atoms with E-state index in [1.54, 1.807) is 24.3 Å². The Hall–Kier alpha value is -4.80. The molecule has 0 radical (unpaired) electrons. The van der Waals surface area contributed by atoms with Crippen molar-refractivity contribution in [2.45, 2.75) is 0 Å². The molecule has 0 aromatic heterocycles. The molecule has 0 saturated heterocycles. The molecule has 0 aliphatic heterocycles. The fraction of sp³-hybridized carbons (Fsp3) is 0.0870. The molecule has 0 aliphatic rings. The summed E-state index contributed by atoms with van der Waals surface area (Å²) >= 11 is 0. The van der Waals surface area contributed by atoms with E-state index in [0.29, 0.717) is 11.3 Å². The average Bonchev–Trinajstić information content (AvgIpc) is 2.84. The van der Waals surface area contributed by atoms with Gasteiger partial charge in [0.15, 0.2) is 18.1 Å². The van der Waals surface area contributed by atoms with Gasteiger partial charge in [-0.05, 0) is 42.0 Å². The summed E-state index contributed by atoms with van der Waals surface area (Å²) < 4.78 is 24.4. The van der Waals surface area contributed by atoms with Gasteiger partial charge in [0.25, 0.3) is 17.5 Å². The molecule has 3 aromatic rings. The summed E-state index contributed by atoms with van der Waals surface area (Å²) in [5, 5.41) is 17.1. The minimum atomic E-state index is -0.618. The number of hydrogen-bond acceptors (Lipinski definition) is 7. The van der Waals surface area contributed by atoms with Crippen molar-refractivity contribution in [3.8, 4) is 11.5 Å². The van der Waals surface area contributed by atoms with Crippen LogP contribution in [-0.4, -0.2) is 36.7 Å². The summed E-state index contributed by atoms with van der Waals surface area (Å²) in [5.74, 6) is -1.17. The number of carbonyl (C=O) groups excluding carboxylic acids is 2. The van der Waals surface area contributed by atoms with Crippen LogP contribution in [0.5, 0.6) is 11.5 Å². The van der Waals surface area contributed by atoms with E-state index < -0.39 is 22.6 Å². The van der Waals surface area contributed by atoms with Crippen LogP contribution in [0.3, 0.4) is 0 Å². The molecular weight excluding hydrogens is 447 g/mol. The molecule has 0 spiro atoms. The highest BCUT2D eigenvalue weighted by molar-refractivity contribution is 5.95. The van der Waals surface area contributed by atoms with Gasteiger partial charge in [-0.15, -0.1) is 0 Å². The van der Waals surface area contributed by atoms with E-state index in [-0.39, 0.29) is 29.3 Å². The summed E-state index contributed by atoms with van der Waals surface area (Å²) in [7, 11) is 1.41. The van der Waals surface area contributed by atoms with E-state index >= 15 is 0 Å². The van der Waals surface area contributed by atoms with Gasteiger partial charge in [0.2, 0.25) is 0 Å². The van der Waals surface area contributed by atoms with E-state index in [2.05, 4.69) is 15.8 Å². The molecule has 0 unspecified atom stereocenters. The first kappa shape index (κ1) is 23.9. The number of amides is 2. The molecule has 3 rings (SSSR count). The minimum Gasteiger partial charge on any atom is -0.493 e. The number of nitro benzene ring substituents is 1. The number of non-ortho nitro benzene ring substituents is 1. The second kappa shape index (κ2) is 11.2. The normalized spacial score (nSPS) is 10.5. The molecule has 174 valence electrons. The summed E-state index contributed by atoms with van der Waals surface area (Å²) in [6, 6.07) is 15.7. The molecule has 3 aromatic carbocycles. The highest BCUT2D eigenvalue weighted by atomic mass is 19.1. The van der Waals surface area contributed by atoms with Crippen LogP contribution in [0.2, 0.25) is 0 Å². The van der Waals surface area contributed by atoms with Crippen LogP contribution in [0.4, 0.5) is 15.8 Å². The van der Waals surface area contributed by atoms with E-state index in [1.807, 2.05) is 0 Å². The van der Waals surface area contributed by atoms with Gasteiger partial charge in [-0.2, -0.15) is 5.10 Å². The molecule has 0 fully saturated rings. The van der Waals surface area contributed by atoms with Crippen molar-refractivity contribution >= 4 is 29.4 Å². The average molecular weight is 466 g/mol. The number of halogens is 1. The predicted molar refractivity (Wildman–Crippen MR) is 122 cm³/mol. The lowest BCUT2D eigenvalue weighted by atomic mass is 10.2. The van der Waals surface area contributed by atoms with Crippen LogP contribution in [-0.2, 0) is 4.79 Å².